The van der Waals surface area contributed by atoms with Crippen LogP contribution >= 0.6 is 0 Å². The van der Waals surface area contributed by atoms with Crippen LogP contribution in [0.25, 0.3) is 0 Å². The van der Waals surface area contributed by atoms with Crippen molar-refractivity contribution in [3.63, 3.8) is 0 Å². The van der Waals surface area contributed by atoms with Gasteiger partial charge in [0.05, 0.1) is 43.0 Å². The Labute approximate surface area is 147 Å². The highest BCUT2D eigenvalue weighted by Crippen LogP contribution is 2.24. The van der Waals surface area contributed by atoms with E-state index < -0.39 is 0 Å². The zero-order valence-corrected chi connectivity index (χ0v) is 14.7. The Morgan fingerprint density at radius 2 is 1.80 bits per heavy atom. The monoisotopic (exact) mass is 342 g/mol. The first-order valence-electron chi connectivity index (χ1n) is 8.22. The number of rotatable bonds is 4. The van der Waals surface area contributed by atoms with Gasteiger partial charge in [0.1, 0.15) is 5.75 Å². The third-order valence-electron chi connectivity index (χ3n) is 4.14. The van der Waals surface area contributed by atoms with E-state index in [1.807, 2.05) is 19.9 Å². The zero-order valence-electron chi connectivity index (χ0n) is 14.7. The number of hydrogen-bond acceptors (Lipinski definition) is 6. The third kappa shape index (κ3) is 3.71. The van der Waals surface area contributed by atoms with Gasteiger partial charge < -0.3 is 19.7 Å². The van der Waals surface area contributed by atoms with Crippen molar-refractivity contribution in [1.82, 2.24) is 9.97 Å². The lowest BCUT2D eigenvalue weighted by Crippen LogP contribution is -2.37. The lowest BCUT2D eigenvalue weighted by atomic mass is 10.1. The lowest BCUT2D eigenvalue weighted by Gasteiger charge is -2.27. The molecule has 3 rings (SSSR count). The number of anilines is 2. The van der Waals surface area contributed by atoms with Crippen molar-refractivity contribution in [1.29, 1.82) is 0 Å². The predicted molar refractivity (Wildman–Crippen MR) is 95.5 cm³/mol. The SMILES string of the molecule is COc1ccccc1C(=O)Nc1c(C)nc(N2CCOCC2)nc1C. The first-order chi connectivity index (χ1) is 12.1. The normalized spacial score (nSPS) is 14.3. The highest BCUT2D eigenvalue weighted by molar-refractivity contribution is 6.06. The number of aryl methyl sites for hydroxylation is 2. The van der Waals surface area contributed by atoms with E-state index in [2.05, 4.69) is 20.2 Å². The maximum absolute atomic E-state index is 12.6. The van der Waals surface area contributed by atoms with E-state index in [9.17, 15) is 4.79 Å². The molecule has 0 radical (unpaired) electrons. The van der Waals surface area contributed by atoms with Gasteiger partial charge in [-0.3, -0.25) is 4.79 Å². The number of carbonyl (C=O) groups excluding carboxylic acids is 1. The fourth-order valence-electron chi connectivity index (χ4n) is 2.80. The van der Waals surface area contributed by atoms with Crippen LogP contribution in [0.5, 0.6) is 5.75 Å². The molecule has 1 aliphatic heterocycles. The van der Waals surface area contributed by atoms with Gasteiger partial charge in [-0.2, -0.15) is 0 Å². The van der Waals surface area contributed by atoms with E-state index in [0.29, 0.717) is 36.2 Å². The van der Waals surface area contributed by atoms with Gasteiger partial charge in [0.15, 0.2) is 0 Å². The van der Waals surface area contributed by atoms with Crippen LogP contribution in [0, 0.1) is 13.8 Å². The van der Waals surface area contributed by atoms with Crippen molar-refractivity contribution in [3.8, 4) is 5.75 Å². The Bertz CT molecular complexity index is 750. The molecule has 7 heteroatoms. The summed E-state index contributed by atoms with van der Waals surface area (Å²) in [5, 5.41) is 2.91. The summed E-state index contributed by atoms with van der Waals surface area (Å²) in [6.07, 6.45) is 0. The minimum atomic E-state index is -0.244. The van der Waals surface area contributed by atoms with Gasteiger partial charge in [-0.15, -0.1) is 0 Å². The number of ether oxygens (including phenoxy) is 2. The fraction of sp³-hybridized carbons (Fsp3) is 0.389. The topological polar surface area (TPSA) is 76.6 Å². The van der Waals surface area contributed by atoms with Crippen LogP contribution < -0.4 is 15.0 Å². The first-order valence-corrected chi connectivity index (χ1v) is 8.22. The van der Waals surface area contributed by atoms with Crippen LogP contribution in [0.3, 0.4) is 0 Å². The van der Waals surface area contributed by atoms with Crippen molar-refractivity contribution in [2.24, 2.45) is 0 Å². The predicted octanol–water partition coefficient (Wildman–Crippen LogP) is 2.19. The number of morpholine rings is 1. The number of amides is 1. The minimum absolute atomic E-state index is 0.244. The molecule has 2 aromatic rings. The second-order valence-corrected chi connectivity index (χ2v) is 5.82. The minimum Gasteiger partial charge on any atom is -0.496 e. The highest BCUT2D eigenvalue weighted by Gasteiger charge is 2.19. The van der Waals surface area contributed by atoms with Crippen LogP contribution in [0.15, 0.2) is 24.3 Å². The molecule has 2 heterocycles. The van der Waals surface area contributed by atoms with Gasteiger partial charge >= 0.3 is 0 Å². The number of aromatic nitrogens is 2. The number of benzene rings is 1. The molecule has 0 unspecified atom stereocenters. The molecule has 0 bridgehead atoms. The van der Waals surface area contributed by atoms with Gasteiger partial charge in [-0.25, -0.2) is 9.97 Å². The summed E-state index contributed by atoms with van der Waals surface area (Å²) in [4.78, 5) is 23.8. The molecule has 1 aromatic heterocycles. The van der Waals surface area contributed by atoms with Crippen molar-refractivity contribution in [3.05, 3.63) is 41.2 Å². The Morgan fingerprint density at radius 3 is 2.44 bits per heavy atom. The number of methoxy groups -OCH3 is 1. The largest absolute Gasteiger partial charge is 0.496 e. The van der Waals surface area contributed by atoms with Crippen LogP contribution in [0.2, 0.25) is 0 Å². The second-order valence-electron chi connectivity index (χ2n) is 5.82. The van der Waals surface area contributed by atoms with Crippen LogP contribution in [-0.4, -0.2) is 49.3 Å². The molecule has 1 N–H and O–H groups in total. The maximum atomic E-state index is 12.6. The molecule has 1 aliphatic rings. The van der Waals surface area contributed by atoms with Crippen molar-refractivity contribution < 1.29 is 14.3 Å². The molecule has 1 fully saturated rings. The van der Waals surface area contributed by atoms with Gasteiger partial charge in [-0.05, 0) is 26.0 Å². The van der Waals surface area contributed by atoms with E-state index >= 15 is 0 Å². The zero-order chi connectivity index (χ0) is 17.8. The quantitative estimate of drug-likeness (QED) is 0.918. The molecule has 7 nitrogen and oxygen atoms in total. The Balaban J connectivity index is 1.84. The Morgan fingerprint density at radius 1 is 1.16 bits per heavy atom. The lowest BCUT2D eigenvalue weighted by molar-refractivity contribution is 0.102. The van der Waals surface area contributed by atoms with E-state index in [1.54, 1.807) is 25.3 Å². The van der Waals surface area contributed by atoms with E-state index in [-0.39, 0.29) is 5.91 Å². The summed E-state index contributed by atoms with van der Waals surface area (Å²) in [5.74, 6) is 0.959. The molecular formula is C18H22N4O3. The van der Waals surface area contributed by atoms with Gasteiger partial charge in [0.2, 0.25) is 5.95 Å². The molecule has 0 saturated carbocycles. The highest BCUT2D eigenvalue weighted by atomic mass is 16.5. The standard InChI is InChI=1S/C18H22N4O3/c1-12-16(21-17(23)14-6-4-5-7-15(14)24-3)13(2)20-18(19-12)22-8-10-25-11-9-22/h4-7H,8-11H2,1-3H3,(H,21,23). The summed E-state index contributed by atoms with van der Waals surface area (Å²) in [6.45, 7) is 6.63. The van der Waals surface area contributed by atoms with Crippen LogP contribution in [0.4, 0.5) is 11.6 Å². The van der Waals surface area contributed by atoms with Gasteiger partial charge in [0, 0.05) is 13.1 Å². The number of nitrogens with zero attached hydrogens (tertiary/aromatic N) is 3. The van der Waals surface area contributed by atoms with Crippen LogP contribution in [-0.2, 0) is 4.74 Å². The Kier molecular flexibility index (Phi) is 5.14. The number of para-hydroxylation sites is 1. The number of nitrogens with one attached hydrogen (secondary N) is 1. The van der Waals surface area contributed by atoms with Gasteiger partial charge in [0.25, 0.3) is 5.91 Å². The second kappa shape index (κ2) is 7.48. The van der Waals surface area contributed by atoms with E-state index in [0.717, 1.165) is 24.5 Å². The molecule has 0 spiro atoms. The summed E-state index contributed by atoms with van der Waals surface area (Å²) in [6, 6.07) is 7.11. The maximum Gasteiger partial charge on any atom is 0.259 e. The van der Waals surface area contributed by atoms with E-state index in [4.69, 9.17) is 9.47 Å². The molecular weight excluding hydrogens is 320 g/mol. The molecule has 0 atom stereocenters. The van der Waals surface area contributed by atoms with Crippen molar-refractivity contribution >= 4 is 17.5 Å². The summed E-state index contributed by atoms with van der Waals surface area (Å²) in [5.41, 5.74) is 2.57. The molecule has 1 aromatic carbocycles. The summed E-state index contributed by atoms with van der Waals surface area (Å²) >= 11 is 0. The first kappa shape index (κ1) is 17.2. The van der Waals surface area contributed by atoms with E-state index in [1.165, 1.54) is 0 Å². The molecule has 0 aliphatic carbocycles. The summed E-state index contributed by atoms with van der Waals surface area (Å²) < 4.78 is 10.6. The number of carbonyl (C=O) groups is 1. The smallest absolute Gasteiger partial charge is 0.259 e. The van der Waals surface area contributed by atoms with Gasteiger partial charge in [-0.1, -0.05) is 12.1 Å². The van der Waals surface area contributed by atoms with Crippen molar-refractivity contribution in [2.75, 3.05) is 43.6 Å². The third-order valence-corrected chi connectivity index (χ3v) is 4.14. The van der Waals surface area contributed by atoms with Crippen molar-refractivity contribution in [2.45, 2.75) is 13.8 Å². The van der Waals surface area contributed by atoms with Crippen LogP contribution in [0.1, 0.15) is 21.7 Å². The average Bonchev–Trinajstić information content (AvgIpc) is 2.65. The molecule has 1 amide bonds. The summed E-state index contributed by atoms with van der Waals surface area (Å²) in [7, 11) is 1.54. The fourth-order valence-corrected chi connectivity index (χ4v) is 2.80. The Hall–Kier alpha value is -2.67. The molecule has 25 heavy (non-hydrogen) atoms. The molecule has 1 saturated heterocycles. The average molecular weight is 342 g/mol. The molecule has 132 valence electrons. The number of hydrogen-bond donors (Lipinski definition) is 1.